The van der Waals surface area contributed by atoms with Gasteiger partial charge in [-0.1, -0.05) is 29.8 Å². The molecule has 2 amide bonds. The van der Waals surface area contributed by atoms with Gasteiger partial charge in [0.05, 0.1) is 23.7 Å². The Morgan fingerprint density at radius 2 is 1.67 bits per heavy atom. The summed E-state index contributed by atoms with van der Waals surface area (Å²) in [5.74, 6) is -0.872. The molecule has 226 valence electrons. The molecule has 1 unspecified atom stereocenters. The van der Waals surface area contributed by atoms with Crippen LogP contribution < -0.4 is 10.1 Å². The van der Waals surface area contributed by atoms with Crippen molar-refractivity contribution in [2.75, 3.05) is 33.3 Å². The summed E-state index contributed by atoms with van der Waals surface area (Å²) in [5, 5.41) is 2.99. The highest BCUT2D eigenvalue weighted by atomic mass is 35.5. The van der Waals surface area contributed by atoms with E-state index in [0.29, 0.717) is 42.9 Å². The second-order valence-electron chi connectivity index (χ2n) is 12.1. The molecule has 3 aromatic rings. The van der Waals surface area contributed by atoms with Gasteiger partial charge in [0.15, 0.2) is 0 Å². The largest absolute Gasteiger partial charge is 0.496 e. The van der Waals surface area contributed by atoms with Crippen molar-refractivity contribution >= 4 is 23.4 Å². The minimum Gasteiger partial charge on any atom is -0.496 e. The average molecular weight is 608 g/mol. The number of aryl methyl sites for hydroxylation is 1. The number of hydrogen-bond donors (Lipinski definition) is 1. The second-order valence-corrected chi connectivity index (χ2v) is 12.5. The maximum atomic E-state index is 14.5. The molecule has 6 nitrogen and oxygen atoms in total. The number of nitrogens with zero attached hydrogens (tertiary/aromatic N) is 2. The van der Waals surface area contributed by atoms with E-state index in [1.807, 2.05) is 23.1 Å². The molecular formula is C34H36ClF2N3O3. The van der Waals surface area contributed by atoms with Crippen molar-refractivity contribution in [2.24, 2.45) is 5.41 Å². The summed E-state index contributed by atoms with van der Waals surface area (Å²) in [6.45, 7) is 3.71. The standard InChI is InChI=1S/C34H36ClF2N3O3/c1-43-30-7-3-5-27(36)25(30)21-39-16-12-34(13-17-39)14-18-40(19-15-34)33(42)23-9-8-22-10-11-29(24(22)20-23)38-32(41)31-26(35)4-2-6-28(31)37/h2-9,20,29H,10-19,21H2,1H3,(H,38,41). The Bertz CT molecular complexity index is 1510. The Balaban J connectivity index is 1.06. The minimum absolute atomic E-state index is 0.00383. The second kappa shape index (κ2) is 12.2. The summed E-state index contributed by atoms with van der Waals surface area (Å²) in [6.07, 6.45) is 5.39. The predicted octanol–water partition coefficient (Wildman–Crippen LogP) is 6.56. The fraction of sp³-hybridized carbons (Fsp3) is 0.412. The van der Waals surface area contributed by atoms with Crippen LogP contribution in [0, 0.1) is 17.0 Å². The van der Waals surface area contributed by atoms with E-state index in [0.717, 1.165) is 56.3 Å². The number of carbonyl (C=O) groups excluding carboxylic acids is 2. The summed E-state index contributed by atoms with van der Waals surface area (Å²) in [4.78, 5) is 30.7. The molecule has 0 bridgehead atoms. The van der Waals surface area contributed by atoms with Crippen molar-refractivity contribution in [1.29, 1.82) is 0 Å². The number of nitrogens with one attached hydrogen (secondary N) is 1. The van der Waals surface area contributed by atoms with Gasteiger partial charge in [-0.05, 0) is 105 Å². The van der Waals surface area contributed by atoms with Crippen LogP contribution in [-0.2, 0) is 13.0 Å². The lowest BCUT2D eigenvalue weighted by molar-refractivity contribution is 0.0281. The molecule has 3 aromatic carbocycles. The monoisotopic (exact) mass is 607 g/mol. The summed E-state index contributed by atoms with van der Waals surface area (Å²) in [6, 6.07) is 14.5. The maximum Gasteiger partial charge on any atom is 0.256 e. The van der Waals surface area contributed by atoms with Gasteiger partial charge in [0.1, 0.15) is 17.4 Å². The number of carbonyl (C=O) groups is 2. The molecule has 0 saturated carbocycles. The summed E-state index contributed by atoms with van der Waals surface area (Å²) < 4.78 is 34.2. The van der Waals surface area contributed by atoms with Gasteiger partial charge >= 0.3 is 0 Å². The first-order valence-corrected chi connectivity index (χ1v) is 15.4. The van der Waals surface area contributed by atoms with Crippen LogP contribution in [0.15, 0.2) is 54.6 Å². The van der Waals surface area contributed by atoms with Crippen LogP contribution in [0.4, 0.5) is 8.78 Å². The molecule has 0 radical (unpaired) electrons. The summed E-state index contributed by atoms with van der Waals surface area (Å²) >= 11 is 6.10. The summed E-state index contributed by atoms with van der Waals surface area (Å²) in [5.41, 5.74) is 3.23. The van der Waals surface area contributed by atoms with Crippen LogP contribution >= 0.6 is 11.6 Å². The molecule has 9 heteroatoms. The third kappa shape index (κ3) is 6.00. The fourth-order valence-electron chi connectivity index (χ4n) is 6.99. The van der Waals surface area contributed by atoms with E-state index in [-0.39, 0.29) is 33.8 Å². The van der Waals surface area contributed by atoms with Crippen LogP contribution in [0.5, 0.6) is 5.75 Å². The van der Waals surface area contributed by atoms with Crippen LogP contribution in [0.1, 0.15) is 75.6 Å². The molecule has 43 heavy (non-hydrogen) atoms. The normalized spacial score (nSPS) is 19.7. The van der Waals surface area contributed by atoms with Gasteiger partial charge in [-0.2, -0.15) is 0 Å². The summed E-state index contributed by atoms with van der Waals surface area (Å²) in [7, 11) is 1.57. The van der Waals surface area contributed by atoms with Crippen LogP contribution in [0.2, 0.25) is 5.02 Å². The third-order valence-electron chi connectivity index (χ3n) is 9.67. The topological polar surface area (TPSA) is 61.9 Å². The molecule has 0 aromatic heterocycles. The van der Waals surface area contributed by atoms with Gasteiger partial charge < -0.3 is 15.0 Å². The van der Waals surface area contributed by atoms with Gasteiger partial charge in [-0.15, -0.1) is 0 Å². The number of hydrogen-bond acceptors (Lipinski definition) is 4. The Labute approximate surface area is 256 Å². The lowest BCUT2D eigenvalue weighted by atomic mass is 9.71. The zero-order chi connectivity index (χ0) is 30.1. The lowest BCUT2D eigenvalue weighted by Crippen LogP contribution is -2.48. The predicted molar refractivity (Wildman–Crippen MR) is 161 cm³/mol. The number of methoxy groups -OCH3 is 1. The van der Waals surface area contributed by atoms with Crippen molar-refractivity contribution in [1.82, 2.24) is 15.1 Å². The maximum absolute atomic E-state index is 14.5. The highest BCUT2D eigenvalue weighted by molar-refractivity contribution is 6.33. The van der Waals surface area contributed by atoms with Gasteiger partial charge in [-0.3, -0.25) is 14.5 Å². The van der Waals surface area contributed by atoms with E-state index in [1.165, 1.54) is 24.3 Å². The number of benzene rings is 3. The molecule has 2 fully saturated rings. The number of fused-ring (bicyclic) bond motifs is 1. The first-order valence-electron chi connectivity index (χ1n) is 15.0. The quantitative estimate of drug-likeness (QED) is 0.345. The SMILES string of the molecule is COc1cccc(F)c1CN1CCC2(CC1)CCN(C(=O)c1ccc3c(c1)C(NC(=O)c1c(F)cccc1Cl)CC3)CC2. The molecule has 1 spiro atoms. The number of amides is 2. The van der Waals surface area contributed by atoms with E-state index < -0.39 is 11.7 Å². The van der Waals surface area contributed by atoms with Gasteiger partial charge in [-0.25, -0.2) is 8.78 Å². The fourth-order valence-corrected chi connectivity index (χ4v) is 7.24. The molecule has 3 aliphatic rings. The Morgan fingerprint density at radius 1 is 0.977 bits per heavy atom. The van der Waals surface area contributed by atoms with Crippen LogP contribution in [0.3, 0.4) is 0 Å². The molecule has 2 aliphatic heterocycles. The van der Waals surface area contributed by atoms with Crippen molar-refractivity contribution in [3.63, 3.8) is 0 Å². The number of ether oxygens (including phenoxy) is 1. The molecule has 1 aliphatic carbocycles. The Morgan fingerprint density at radius 3 is 2.40 bits per heavy atom. The number of piperidine rings is 2. The zero-order valence-corrected chi connectivity index (χ0v) is 25.1. The number of likely N-dealkylation sites (tertiary alicyclic amines) is 2. The number of rotatable bonds is 6. The highest BCUT2D eigenvalue weighted by Crippen LogP contribution is 2.42. The van der Waals surface area contributed by atoms with E-state index >= 15 is 0 Å². The van der Waals surface area contributed by atoms with Crippen LogP contribution in [-0.4, -0.2) is 54.9 Å². The van der Waals surface area contributed by atoms with Crippen molar-refractivity contribution in [2.45, 2.75) is 51.1 Å². The van der Waals surface area contributed by atoms with E-state index in [9.17, 15) is 18.4 Å². The third-order valence-corrected chi connectivity index (χ3v) is 9.99. The zero-order valence-electron chi connectivity index (χ0n) is 24.3. The van der Waals surface area contributed by atoms with Crippen LogP contribution in [0.25, 0.3) is 0 Å². The molecular weight excluding hydrogens is 572 g/mol. The highest BCUT2D eigenvalue weighted by Gasteiger charge is 2.39. The first-order chi connectivity index (χ1) is 20.8. The molecule has 1 N–H and O–H groups in total. The van der Waals surface area contributed by atoms with Crippen molar-refractivity contribution < 1.29 is 23.1 Å². The first kappa shape index (κ1) is 29.6. The van der Waals surface area contributed by atoms with E-state index in [2.05, 4.69) is 10.2 Å². The van der Waals surface area contributed by atoms with E-state index in [4.69, 9.17) is 16.3 Å². The van der Waals surface area contributed by atoms with Gasteiger partial charge in [0.25, 0.3) is 11.8 Å². The lowest BCUT2D eigenvalue weighted by Gasteiger charge is -2.47. The number of halogens is 3. The minimum atomic E-state index is -0.661. The molecule has 2 saturated heterocycles. The van der Waals surface area contributed by atoms with Gasteiger partial charge in [0.2, 0.25) is 0 Å². The van der Waals surface area contributed by atoms with Gasteiger partial charge in [0, 0.05) is 30.8 Å². The van der Waals surface area contributed by atoms with E-state index in [1.54, 1.807) is 19.2 Å². The average Bonchev–Trinajstić information content (AvgIpc) is 3.41. The smallest absolute Gasteiger partial charge is 0.256 e. The Kier molecular flexibility index (Phi) is 8.42. The Hall–Kier alpha value is -3.49. The molecule has 6 rings (SSSR count). The van der Waals surface area contributed by atoms with Crippen molar-refractivity contribution in [3.8, 4) is 5.75 Å². The van der Waals surface area contributed by atoms with Crippen molar-refractivity contribution in [3.05, 3.63) is 99.1 Å². The molecule has 2 heterocycles. The molecule has 1 atom stereocenters.